The molecule has 0 saturated carbocycles. The molecular formula is C11H23ClN2O2. The van der Waals surface area contributed by atoms with Crippen LogP contribution in [0, 0.1) is 0 Å². The minimum absolute atomic E-state index is 0. The normalized spacial score (nSPS) is 19.2. The van der Waals surface area contributed by atoms with Crippen LogP contribution in [-0.4, -0.2) is 38.3 Å². The van der Waals surface area contributed by atoms with Crippen molar-refractivity contribution < 1.29 is 9.53 Å². The molecule has 1 aliphatic rings. The van der Waals surface area contributed by atoms with Crippen molar-refractivity contribution in [1.29, 1.82) is 0 Å². The Hall–Kier alpha value is -0.320. The number of nitrogens with one attached hydrogen (secondary N) is 2. The Labute approximate surface area is 104 Å². The van der Waals surface area contributed by atoms with Gasteiger partial charge < -0.3 is 15.4 Å². The number of halogens is 1. The topological polar surface area (TPSA) is 50.4 Å². The van der Waals surface area contributed by atoms with Gasteiger partial charge in [-0.3, -0.25) is 4.79 Å². The summed E-state index contributed by atoms with van der Waals surface area (Å²) in [5, 5.41) is 6.05. The molecule has 1 aliphatic heterocycles. The molecule has 0 radical (unpaired) electrons. The first-order chi connectivity index (χ1) is 7.33. The van der Waals surface area contributed by atoms with E-state index in [4.69, 9.17) is 4.74 Å². The van der Waals surface area contributed by atoms with Crippen LogP contribution in [0.3, 0.4) is 0 Å². The summed E-state index contributed by atoms with van der Waals surface area (Å²) >= 11 is 0. The average molecular weight is 251 g/mol. The highest BCUT2D eigenvalue weighted by Crippen LogP contribution is 2.16. The summed E-state index contributed by atoms with van der Waals surface area (Å²) in [5.74, 6) is 0.142. The van der Waals surface area contributed by atoms with Gasteiger partial charge in [0.2, 0.25) is 5.91 Å². The van der Waals surface area contributed by atoms with Gasteiger partial charge in [-0.15, -0.1) is 12.4 Å². The minimum Gasteiger partial charge on any atom is -0.378 e. The summed E-state index contributed by atoms with van der Waals surface area (Å²) in [5.41, 5.74) is 0. The van der Waals surface area contributed by atoms with Gasteiger partial charge in [-0.05, 0) is 25.8 Å². The summed E-state index contributed by atoms with van der Waals surface area (Å²) in [6.45, 7) is 5.44. The van der Waals surface area contributed by atoms with Crippen LogP contribution in [0.15, 0.2) is 0 Å². The maximum absolute atomic E-state index is 11.4. The van der Waals surface area contributed by atoms with Crippen LogP contribution in [0.1, 0.15) is 32.6 Å². The van der Waals surface area contributed by atoms with E-state index in [1.165, 1.54) is 0 Å². The van der Waals surface area contributed by atoms with Gasteiger partial charge >= 0.3 is 0 Å². The number of amides is 1. The lowest BCUT2D eigenvalue weighted by atomic mass is 10.1. The Kier molecular flexibility index (Phi) is 9.68. The number of ether oxygens (including phenoxy) is 1. The molecule has 2 N–H and O–H groups in total. The van der Waals surface area contributed by atoms with E-state index in [9.17, 15) is 4.79 Å². The van der Waals surface area contributed by atoms with Gasteiger partial charge in [-0.1, -0.05) is 6.92 Å². The van der Waals surface area contributed by atoms with E-state index in [2.05, 4.69) is 17.6 Å². The molecule has 0 aromatic rings. The zero-order chi connectivity index (χ0) is 10.9. The zero-order valence-electron chi connectivity index (χ0n) is 9.96. The van der Waals surface area contributed by atoms with Gasteiger partial charge in [-0.2, -0.15) is 0 Å². The Balaban J connectivity index is 0.00000225. The van der Waals surface area contributed by atoms with Crippen molar-refractivity contribution in [3.63, 3.8) is 0 Å². The molecule has 0 aromatic carbocycles. The molecule has 0 bridgehead atoms. The molecule has 96 valence electrons. The van der Waals surface area contributed by atoms with Crippen LogP contribution in [-0.2, 0) is 9.53 Å². The van der Waals surface area contributed by atoms with Crippen LogP contribution in [0.5, 0.6) is 0 Å². The number of hydrogen-bond donors (Lipinski definition) is 2. The van der Waals surface area contributed by atoms with Crippen LogP contribution in [0.2, 0.25) is 0 Å². The second-order valence-corrected chi connectivity index (χ2v) is 3.88. The minimum atomic E-state index is 0. The highest BCUT2D eigenvalue weighted by molar-refractivity contribution is 5.85. The SMILES string of the molecule is CCNCCNC(=O)CCC1CCCO1.Cl. The standard InChI is InChI=1S/C11H22N2O2.ClH/c1-2-12-7-8-13-11(14)6-5-10-4-3-9-15-10;/h10,12H,2-9H2,1H3,(H,13,14);1H. The van der Waals surface area contributed by atoms with Crippen molar-refractivity contribution in [2.45, 2.75) is 38.7 Å². The molecule has 5 heteroatoms. The first-order valence-corrected chi connectivity index (χ1v) is 5.92. The fourth-order valence-electron chi connectivity index (χ4n) is 1.72. The van der Waals surface area contributed by atoms with Crippen molar-refractivity contribution >= 4 is 18.3 Å². The van der Waals surface area contributed by atoms with Crippen molar-refractivity contribution in [1.82, 2.24) is 10.6 Å². The third kappa shape index (κ3) is 7.04. The number of carbonyl (C=O) groups is 1. The molecule has 16 heavy (non-hydrogen) atoms. The maximum Gasteiger partial charge on any atom is 0.220 e. The Morgan fingerprint density at radius 2 is 2.25 bits per heavy atom. The predicted molar refractivity (Wildman–Crippen MR) is 67.0 cm³/mol. The van der Waals surface area contributed by atoms with Crippen LogP contribution in [0.4, 0.5) is 0 Å². The molecular weight excluding hydrogens is 228 g/mol. The van der Waals surface area contributed by atoms with Gasteiger partial charge in [0.1, 0.15) is 0 Å². The molecule has 0 aromatic heterocycles. The van der Waals surface area contributed by atoms with Crippen LogP contribution in [0.25, 0.3) is 0 Å². The van der Waals surface area contributed by atoms with E-state index in [1.807, 2.05) is 0 Å². The second-order valence-electron chi connectivity index (χ2n) is 3.88. The third-order valence-corrected chi connectivity index (χ3v) is 2.59. The average Bonchev–Trinajstić information content (AvgIpc) is 2.74. The highest BCUT2D eigenvalue weighted by Gasteiger charge is 2.16. The van der Waals surface area contributed by atoms with Gasteiger partial charge in [0.15, 0.2) is 0 Å². The van der Waals surface area contributed by atoms with E-state index >= 15 is 0 Å². The third-order valence-electron chi connectivity index (χ3n) is 2.59. The van der Waals surface area contributed by atoms with E-state index in [0.717, 1.165) is 45.5 Å². The summed E-state index contributed by atoms with van der Waals surface area (Å²) in [6, 6.07) is 0. The summed E-state index contributed by atoms with van der Waals surface area (Å²) in [7, 11) is 0. The Morgan fingerprint density at radius 3 is 2.88 bits per heavy atom. The monoisotopic (exact) mass is 250 g/mol. The molecule has 1 amide bonds. The second kappa shape index (κ2) is 9.87. The zero-order valence-corrected chi connectivity index (χ0v) is 10.8. The van der Waals surface area contributed by atoms with Crippen LogP contribution >= 0.6 is 12.4 Å². The van der Waals surface area contributed by atoms with E-state index in [1.54, 1.807) is 0 Å². The summed E-state index contributed by atoms with van der Waals surface area (Å²) in [4.78, 5) is 11.4. The lowest BCUT2D eigenvalue weighted by Gasteiger charge is -2.09. The fraction of sp³-hybridized carbons (Fsp3) is 0.909. The van der Waals surface area contributed by atoms with E-state index in [0.29, 0.717) is 12.5 Å². The molecule has 1 rings (SSSR count). The smallest absolute Gasteiger partial charge is 0.220 e. The highest BCUT2D eigenvalue weighted by atomic mass is 35.5. The number of likely N-dealkylation sites (N-methyl/N-ethyl adjacent to an activating group) is 1. The van der Waals surface area contributed by atoms with Gasteiger partial charge in [0.25, 0.3) is 0 Å². The van der Waals surface area contributed by atoms with Crippen molar-refractivity contribution in [2.24, 2.45) is 0 Å². The summed E-state index contributed by atoms with van der Waals surface area (Å²) < 4.78 is 5.45. The molecule has 0 spiro atoms. The fourth-order valence-corrected chi connectivity index (χ4v) is 1.72. The molecule has 1 unspecified atom stereocenters. The molecule has 1 saturated heterocycles. The van der Waals surface area contributed by atoms with Gasteiger partial charge in [-0.25, -0.2) is 0 Å². The predicted octanol–water partition coefficient (Wildman–Crippen LogP) is 1.09. The molecule has 1 fully saturated rings. The summed E-state index contributed by atoms with van der Waals surface area (Å²) in [6.07, 6.45) is 4.05. The van der Waals surface area contributed by atoms with Gasteiger partial charge in [0.05, 0.1) is 6.10 Å². The number of hydrogen-bond acceptors (Lipinski definition) is 3. The Bertz CT molecular complexity index is 185. The van der Waals surface area contributed by atoms with Crippen molar-refractivity contribution in [3.05, 3.63) is 0 Å². The molecule has 0 aliphatic carbocycles. The molecule has 1 atom stereocenters. The van der Waals surface area contributed by atoms with Crippen LogP contribution < -0.4 is 10.6 Å². The van der Waals surface area contributed by atoms with Crippen molar-refractivity contribution in [3.8, 4) is 0 Å². The largest absolute Gasteiger partial charge is 0.378 e. The lowest BCUT2D eigenvalue weighted by Crippen LogP contribution is -2.32. The Morgan fingerprint density at radius 1 is 1.44 bits per heavy atom. The first-order valence-electron chi connectivity index (χ1n) is 5.92. The lowest BCUT2D eigenvalue weighted by molar-refractivity contribution is -0.121. The quantitative estimate of drug-likeness (QED) is 0.666. The van der Waals surface area contributed by atoms with Gasteiger partial charge in [0, 0.05) is 26.1 Å². The van der Waals surface area contributed by atoms with Crippen molar-refractivity contribution in [2.75, 3.05) is 26.2 Å². The molecule has 4 nitrogen and oxygen atoms in total. The van der Waals surface area contributed by atoms with E-state index in [-0.39, 0.29) is 18.3 Å². The number of rotatable bonds is 7. The first kappa shape index (κ1) is 15.7. The van der Waals surface area contributed by atoms with E-state index < -0.39 is 0 Å². The number of carbonyl (C=O) groups excluding carboxylic acids is 1. The molecule has 1 heterocycles. The maximum atomic E-state index is 11.4.